The molecule has 0 saturated heterocycles. The summed E-state index contributed by atoms with van der Waals surface area (Å²) in [5.74, 6) is 3.33. The molecular weight excluding hydrogens is 905 g/mol. The number of ether oxygens (including phenoxy) is 5. The molecule has 0 N–H and O–H groups in total. The highest BCUT2D eigenvalue weighted by atomic mass is 16.5. The lowest BCUT2D eigenvalue weighted by Gasteiger charge is -2.14. The van der Waals surface area contributed by atoms with Gasteiger partial charge in [-0.2, -0.15) is 10.2 Å². The molecule has 0 spiro atoms. The lowest BCUT2D eigenvalue weighted by molar-refractivity contribution is 0.113. The largest absolute Gasteiger partial charge is 0.490 e. The van der Waals surface area contributed by atoms with Crippen molar-refractivity contribution < 1.29 is 23.7 Å². The maximum absolute atomic E-state index is 6.46. The fourth-order valence-corrected chi connectivity index (χ4v) is 9.63. The van der Waals surface area contributed by atoms with Crippen LogP contribution in [0.1, 0.15) is 245 Å². The Hall–Kier alpha value is -3.98. The van der Waals surface area contributed by atoms with E-state index >= 15 is 0 Å². The van der Waals surface area contributed by atoms with Crippen molar-refractivity contribution >= 4 is 0 Å². The third-order valence-corrected chi connectivity index (χ3v) is 14.4. The van der Waals surface area contributed by atoms with Gasteiger partial charge in [-0.05, 0) is 88.1 Å². The van der Waals surface area contributed by atoms with Gasteiger partial charge in [0, 0.05) is 22.5 Å². The fourth-order valence-electron chi connectivity index (χ4n) is 9.63. The molecule has 0 saturated carbocycles. The Morgan fingerprint density at radius 3 is 0.890 bits per heavy atom. The van der Waals surface area contributed by atoms with Crippen molar-refractivity contribution in [1.82, 2.24) is 19.6 Å². The Labute approximate surface area is 446 Å². The first kappa shape index (κ1) is 61.6. The molecule has 0 aliphatic rings. The van der Waals surface area contributed by atoms with Crippen LogP contribution in [0, 0.1) is 13.8 Å². The van der Waals surface area contributed by atoms with Crippen LogP contribution in [0.2, 0.25) is 0 Å². The van der Waals surface area contributed by atoms with E-state index in [0.29, 0.717) is 39.5 Å². The van der Waals surface area contributed by atoms with Crippen LogP contribution in [0.25, 0.3) is 22.5 Å². The third-order valence-electron chi connectivity index (χ3n) is 14.4. The molecule has 0 radical (unpaired) electrons. The van der Waals surface area contributed by atoms with Crippen molar-refractivity contribution in [3.05, 3.63) is 59.9 Å². The summed E-state index contributed by atoms with van der Waals surface area (Å²) < 4.78 is 36.0. The number of rotatable bonds is 48. The Morgan fingerprint density at radius 2 is 0.589 bits per heavy atom. The van der Waals surface area contributed by atoms with Crippen molar-refractivity contribution in [2.75, 3.05) is 39.6 Å². The smallest absolute Gasteiger partial charge is 0.161 e. The molecule has 73 heavy (non-hydrogen) atoms. The summed E-state index contributed by atoms with van der Waals surface area (Å²) in [6.45, 7) is 18.7. The Bertz CT molecular complexity index is 1820. The molecular formula is C64H106N4O5. The lowest BCUT2D eigenvalue weighted by Crippen LogP contribution is -2.13. The first-order chi connectivity index (χ1) is 36.0. The fraction of sp³-hybridized carbons (Fsp3) is 0.719. The van der Waals surface area contributed by atoms with E-state index in [1.807, 2.05) is 0 Å². The molecule has 2 heterocycles. The van der Waals surface area contributed by atoms with E-state index in [2.05, 4.69) is 99.4 Å². The highest BCUT2D eigenvalue weighted by Crippen LogP contribution is 2.35. The molecule has 4 rings (SSSR count). The number of hydrogen-bond acceptors (Lipinski definition) is 7. The molecule has 412 valence electrons. The summed E-state index contributed by atoms with van der Waals surface area (Å²) in [6.07, 6.45) is 41.0. The van der Waals surface area contributed by atoms with Gasteiger partial charge in [-0.1, -0.05) is 207 Å². The number of hydrogen-bond donors (Lipinski definition) is 0. The highest BCUT2D eigenvalue weighted by Gasteiger charge is 2.15. The van der Waals surface area contributed by atoms with Crippen LogP contribution in [0.5, 0.6) is 23.0 Å². The lowest BCUT2D eigenvalue weighted by atomic mass is 10.1. The Balaban J connectivity index is 1.28. The van der Waals surface area contributed by atoms with E-state index in [1.165, 1.54) is 180 Å². The average molecular weight is 1010 g/mol. The highest BCUT2D eigenvalue weighted by molar-refractivity contribution is 5.65. The van der Waals surface area contributed by atoms with Gasteiger partial charge in [0.15, 0.2) is 23.0 Å². The average Bonchev–Trinajstić information content (AvgIpc) is 3.97. The van der Waals surface area contributed by atoms with Crippen LogP contribution in [0.3, 0.4) is 0 Å². The first-order valence-electron chi connectivity index (χ1n) is 30.4. The molecule has 4 aromatic rings. The summed E-state index contributed by atoms with van der Waals surface area (Å²) in [5.41, 5.74) is 6.17. The zero-order valence-electron chi connectivity index (χ0n) is 47.7. The van der Waals surface area contributed by atoms with E-state index in [1.54, 1.807) is 0 Å². The van der Waals surface area contributed by atoms with Gasteiger partial charge in [-0.3, -0.25) is 9.36 Å². The van der Waals surface area contributed by atoms with Crippen LogP contribution in [-0.4, -0.2) is 59.2 Å². The van der Waals surface area contributed by atoms with Gasteiger partial charge >= 0.3 is 0 Å². The number of aryl methyl sites for hydroxylation is 2. The van der Waals surface area contributed by atoms with Gasteiger partial charge in [0.1, 0.15) is 0 Å². The van der Waals surface area contributed by atoms with Gasteiger partial charge in [-0.25, -0.2) is 0 Å². The number of aromatic nitrogens is 4. The zero-order valence-corrected chi connectivity index (χ0v) is 47.7. The number of benzene rings is 2. The maximum atomic E-state index is 6.46. The summed E-state index contributed by atoms with van der Waals surface area (Å²) in [6, 6.07) is 17.0. The predicted molar refractivity (Wildman–Crippen MR) is 308 cm³/mol. The van der Waals surface area contributed by atoms with Gasteiger partial charge < -0.3 is 23.7 Å². The van der Waals surface area contributed by atoms with E-state index in [4.69, 9.17) is 33.9 Å². The second-order valence-corrected chi connectivity index (χ2v) is 21.0. The van der Waals surface area contributed by atoms with Crippen LogP contribution in [0.15, 0.2) is 48.5 Å². The molecule has 9 heteroatoms. The minimum atomic E-state index is 0.563. The summed E-state index contributed by atoms with van der Waals surface area (Å²) in [5, 5.41) is 10.1. The number of unbranched alkanes of at least 4 members (excludes halogenated alkanes) is 28. The molecule has 0 fully saturated rings. The van der Waals surface area contributed by atoms with Crippen LogP contribution < -0.4 is 18.9 Å². The van der Waals surface area contributed by atoms with E-state index in [9.17, 15) is 0 Å². The van der Waals surface area contributed by atoms with E-state index in [0.717, 1.165) is 95.8 Å². The monoisotopic (exact) mass is 1010 g/mol. The van der Waals surface area contributed by atoms with E-state index < -0.39 is 0 Å². The topological polar surface area (TPSA) is 81.8 Å². The SMILES string of the molecule is CCCCCCCCCCOc1ccc(-c2cc(C)n(CCOCCn3nc(-c4ccc(OCCCCCCCCCC)c(OCCCCCCCCCC)c4)cc3C)n2)cc1OCCCCCCCCCC. The Kier molecular flexibility index (Phi) is 34.0. The molecule has 0 unspecified atom stereocenters. The van der Waals surface area contributed by atoms with Gasteiger partial charge in [-0.15, -0.1) is 0 Å². The molecule has 9 nitrogen and oxygen atoms in total. The predicted octanol–water partition coefficient (Wildman–Crippen LogP) is 18.8. The molecule has 0 amide bonds. The summed E-state index contributed by atoms with van der Waals surface area (Å²) in [4.78, 5) is 0. The minimum Gasteiger partial charge on any atom is -0.490 e. The van der Waals surface area contributed by atoms with E-state index in [-0.39, 0.29) is 0 Å². The van der Waals surface area contributed by atoms with Gasteiger partial charge in [0.2, 0.25) is 0 Å². The van der Waals surface area contributed by atoms with Crippen LogP contribution in [-0.2, 0) is 17.8 Å². The zero-order chi connectivity index (χ0) is 51.8. The summed E-state index contributed by atoms with van der Waals surface area (Å²) in [7, 11) is 0. The van der Waals surface area contributed by atoms with Gasteiger partial charge in [0.05, 0.1) is 64.1 Å². The normalized spacial score (nSPS) is 11.5. The van der Waals surface area contributed by atoms with Crippen LogP contribution in [0.4, 0.5) is 0 Å². The van der Waals surface area contributed by atoms with Crippen molar-refractivity contribution in [2.24, 2.45) is 0 Å². The minimum absolute atomic E-state index is 0.563. The molecule has 0 aliphatic carbocycles. The molecule has 2 aromatic heterocycles. The van der Waals surface area contributed by atoms with Crippen molar-refractivity contribution in [3.8, 4) is 45.5 Å². The Morgan fingerprint density at radius 1 is 0.315 bits per heavy atom. The second-order valence-electron chi connectivity index (χ2n) is 21.0. The molecule has 0 atom stereocenters. The van der Waals surface area contributed by atoms with Gasteiger partial charge in [0.25, 0.3) is 0 Å². The maximum Gasteiger partial charge on any atom is 0.161 e. The second kappa shape index (κ2) is 40.3. The summed E-state index contributed by atoms with van der Waals surface area (Å²) >= 11 is 0. The molecule has 2 aromatic carbocycles. The van der Waals surface area contributed by atoms with Crippen molar-refractivity contribution in [3.63, 3.8) is 0 Å². The van der Waals surface area contributed by atoms with Crippen LogP contribution >= 0.6 is 0 Å². The molecule has 0 aliphatic heterocycles. The third kappa shape index (κ3) is 26.4. The quantitative estimate of drug-likeness (QED) is 0.0408. The first-order valence-corrected chi connectivity index (χ1v) is 30.4. The number of nitrogens with zero attached hydrogens (tertiary/aromatic N) is 4. The van der Waals surface area contributed by atoms with Crippen molar-refractivity contribution in [2.45, 2.75) is 260 Å². The van der Waals surface area contributed by atoms with Crippen molar-refractivity contribution in [1.29, 1.82) is 0 Å². The molecule has 0 bridgehead atoms. The standard InChI is InChI=1S/C64H106N4O5/c1-7-11-15-19-23-27-31-35-45-70-61-41-39-57(53-63(61)72-47-37-33-29-25-21-17-13-9-3)59-51-55(5)67(65-59)43-49-69-50-44-68-56(6)52-60(66-68)58-40-42-62(71-46-36-32-28-24-20-16-12-8-2)64(54-58)73-48-38-34-30-26-22-18-14-10-4/h39-42,51-54H,7-38,43-50H2,1-6H3.